The predicted molar refractivity (Wildman–Crippen MR) is 53.5 cm³/mol. The third-order valence-corrected chi connectivity index (χ3v) is 2.53. The molecule has 0 aliphatic rings. The molecule has 2 N–H and O–H groups in total. The molecule has 0 radical (unpaired) electrons. The summed E-state index contributed by atoms with van der Waals surface area (Å²) >= 11 is 1.68. The van der Waals surface area contributed by atoms with Crippen LogP contribution in [0.25, 0.3) is 0 Å². The Kier molecular flexibility index (Phi) is 2.74. The van der Waals surface area contributed by atoms with E-state index < -0.39 is 0 Å². The molecule has 0 bridgehead atoms. The summed E-state index contributed by atoms with van der Waals surface area (Å²) < 4.78 is 0. The number of rotatable bonds is 4. The lowest BCUT2D eigenvalue weighted by atomic mass is 10.3. The number of H-pyrrole nitrogens is 1. The molecule has 2 rings (SSSR count). The fourth-order valence-corrected chi connectivity index (χ4v) is 1.71. The molecule has 0 amide bonds. The quantitative estimate of drug-likeness (QED) is 0.776. The molecule has 0 aromatic carbocycles. The summed E-state index contributed by atoms with van der Waals surface area (Å²) in [7, 11) is 0. The van der Waals surface area contributed by atoms with Gasteiger partial charge in [0.1, 0.15) is 5.01 Å². The maximum atomic E-state index is 4.18. The van der Waals surface area contributed by atoms with Crippen LogP contribution < -0.4 is 5.32 Å². The van der Waals surface area contributed by atoms with Crippen LogP contribution in [0.1, 0.15) is 10.6 Å². The van der Waals surface area contributed by atoms with Crippen LogP contribution in [0.2, 0.25) is 0 Å². The zero-order valence-electron chi connectivity index (χ0n) is 7.16. The normalized spacial score (nSPS) is 10.5. The Morgan fingerprint density at radius 2 is 2.46 bits per heavy atom. The molecule has 0 spiro atoms. The minimum Gasteiger partial charge on any atom is -0.367 e. The van der Waals surface area contributed by atoms with Gasteiger partial charge in [0.2, 0.25) is 0 Å². The Hall–Kier alpha value is -1.13. The average molecular weight is 193 g/mol. The number of aromatic amines is 1. The van der Waals surface area contributed by atoms with Crippen LogP contribution in [0.5, 0.6) is 0 Å². The molecule has 0 unspecified atom stereocenters. The molecule has 68 valence electrons. The van der Waals surface area contributed by atoms with Crippen LogP contribution in [-0.4, -0.2) is 9.97 Å². The summed E-state index contributed by atoms with van der Waals surface area (Å²) in [5, 5.41) is 6.45. The van der Waals surface area contributed by atoms with Crippen molar-refractivity contribution in [3.8, 4) is 0 Å². The molecule has 0 saturated heterocycles. The van der Waals surface area contributed by atoms with Crippen LogP contribution >= 0.6 is 11.3 Å². The van der Waals surface area contributed by atoms with Gasteiger partial charge in [0.25, 0.3) is 0 Å². The van der Waals surface area contributed by atoms with Gasteiger partial charge in [-0.05, 0) is 11.6 Å². The van der Waals surface area contributed by atoms with Crippen molar-refractivity contribution >= 4 is 11.3 Å². The van der Waals surface area contributed by atoms with E-state index in [-0.39, 0.29) is 0 Å². The lowest BCUT2D eigenvalue weighted by molar-refractivity contribution is 0.690. The highest BCUT2D eigenvalue weighted by atomic mass is 32.1. The Bertz CT molecular complexity index is 291. The number of nitrogens with one attached hydrogen (secondary N) is 2. The van der Waals surface area contributed by atoms with Crippen molar-refractivity contribution in [1.82, 2.24) is 15.3 Å². The molecular formula is C9H11N3S. The molecule has 2 heterocycles. The first-order valence-electron chi connectivity index (χ1n) is 4.16. The molecule has 0 fully saturated rings. The van der Waals surface area contributed by atoms with E-state index in [1.807, 2.05) is 24.0 Å². The van der Waals surface area contributed by atoms with Crippen LogP contribution in [0, 0.1) is 0 Å². The van der Waals surface area contributed by atoms with E-state index in [0.29, 0.717) is 0 Å². The highest BCUT2D eigenvalue weighted by Gasteiger charge is 1.95. The van der Waals surface area contributed by atoms with E-state index in [1.165, 1.54) is 5.56 Å². The van der Waals surface area contributed by atoms with Crippen molar-refractivity contribution in [2.24, 2.45) is 0 Å². The fourth-order valence-electron chi connectivity index (χ4n) is 1.12. The number of nitrogens with zero attached hydrogens (tertiary/aromatic N) is 1. The zero-order valence-corrected chi connectivity index (χ0v) is 7.97. The van der Waals surface area contributed by atoms with Gasteiger partial charge in [0.05, 0.1) is 0 Å². The van der Waals surface area contributed by atoms with Crippen molar-refractivity contribution in [3.05, 3.63) is 40.6 Å². The lowest BCUT2D eigenvalue weighted by Gasteiger charge is -1.98. The van der Waals surface area contributed by atoms with Gasteiger partial charge < -0.3 is 10.3 Å². The van der Waals surface area contributed by atoms with E-state index in [1.54, 1.807) is 11.3 Å². The summed E-state index contributed by atoms with van der Waals surface area (Å²) in [5.41, 5.74) is 1.27. The van der Waals surface area contributed by atoms with Gasteiger partial charge in [-0.3, -0.25) is 0 Å². The van der Waals surface area contributed by atoms with E-state index in [9.17, 15) is 0 Å². The van der Waals surface area contributed by atoms with Gasteiger partial charge >= 0.3 is 0 Å². The SMILES string of the molecule is c1csc(CNCc2cc[nH]c2)n1. The van der Waals surface area contributed by atoms with Crippen LogP contribution in [-0.2, 0) is 13.1 Å². The second kappa shape index (κ2) is 4.20. The van der Waals surface area contributed by atoms with E-state index in [4.69, 9.17) is 0 Å². The standard InChI is InChI=1S/C9H11N3S/c1-2-10-5-8(1)6-11-7-9-12-3-4-13-9/h1-5,10-11H,6-7H2. The summed E-state index contributed by atoms with van der Waals surface area (Å²) in [4.78, 5) is 7.20. The predicted octanol–water partition coefficient (Wildman–Crippen LogP) is 1.76. The Labute approximate surface area is 80.8 Å². The van der Waals surface area contributed by atoms with Crippen LogP contribution in [0.4, 0.5) is 0 Å². The molecule has 13 heavy (non-hydrogen) atoms. The monoisotopic (exact) mass is 193 g/mol. The molecule has 0 aliphatic carbocycles. The Morgan fingerprint density at radius 1 is 1.46 bits per heavy atom. The number of aromatic nitrogens is 2. The maximum absolute atomic E-state index is 4.18. The second-order valence-corrected chi connectivity index (χ2v) is 3.73. The molecule has 2 aromatic rings. The largest absolute Gasteiger partial charge is 0.367 e. The number of hydrogen-bond donors (Lipinski definition) is 2. The first kappa shape index (κ1) is 8.47. The van der Waals surface area contributed by atoms with Crippen LogP contribution in [0.15, 0.2) is 30.0 Å². The van der Waals surface area contributed by atoms with Gasteiger partial charge in [-0.2, -0.15) is 0 Å². The average Bonchev–Trinajstić information content (AvgIpc) is 2.75. The fraction of sp³-hybridized carbons (Fsp3) is 0.222. The molecule has 3 nitrogen and oxygen atoms in total. The summed E-state index contributed by atoms with van der Waals surface area (Å²) in [6.45, 7) is 1.74. The Morgan fingerprint density at radius 3 is 3.15 bits per heavy atom. The van der Waals surface area contributed by atoms with E-state index in [2.05, 4.69) is 21.4 Å². The van der Waals surface area contributed by atoms with Gasteiger partial charge in [0.15, 0.2) is 0 Å². The molecule has 4 heteroatoms. The lowest BCUT2D eigenvalue weighted by Crippen LogP contribution is -2.11. The third kappa shape index (κ3) is 2.40. The molecule has 0 aliphatic heterocycles. The second-order valence-electron chi connectivity index (χ2n) is 2.75. The summed E-state index contributed by atoms with van der Waals surface area (Å²) in [5.74, 6) is 0. The van der Waals surface area contributed by atoms with Crippen molar-refractivity contribution in [2.45, 2.75) is 13.1 Å². The van der Waals surface area contributed by atoms with Crippen molar-refractivity contribution in [2.75, 3.05) is 0 Å². The van der Waals surface area contributed by atoms with Crippen molar-refractivity contribution in [3.63, 3.8) is 0 Å². The smallest absolute Gasteiger partial charge is 0.106 e. The highest BCUT2D eigenvalue weighted by Crippen LogP contribution is 2.03. The summed E-state index contributed by atoms with van der Waals surface area (Å²) in [6, 6.07) is 2.06. The van der Waals surface area contributed by atoms with Gasteiger partial charge in [-0.1, -0.05) is 0 Å². The molecule has 0 saturated carbocycles. The molecular weight excluding hydrogens is 182 g/mol. The summed E-state index contributed by atoms with van der Waals surface area (Å²) in [6.07, 6.45) is 5.76. The molecule has 0 atom stereocenters. The highest BCUT2D eigenvalue weighted by molar-refractivity contribution is 7.09. The number of hydrogen-bond acceptors (Lipinski definition) is 3. The van der Waals surface area contributed by atoms with E-state index >= 15 is 0 Å². The van der Waals surface area contributed by atoms with E-state index in [0.717, 1.165) is 18.1 Å². The first-order chi connectivity index (χ1) is 6.45. The minimum atomic E-state index is 0.850. The first-order valence-corrected chi connectivity index (χ1v) is 5.04. The van der Waals surface area contributed by atoms with Gasteiger partial charge in [-0.15, -0.1) is 11.3 Å². The number of thiazole rings is 1. The maximum Gasteiger partial charge on any atom is 0.106 e. The zero-order chi connectivity index (χ0) is 8.93. The van der Waals surface area contributed by atoms with Crippen molar-refractivity contribution < 1.29 is 0 Å². The van der Waals surface area contributed by atoms with Crippen LogP contribution in [0.3, 0.4) is 0 Å². The van der Waals surface area contributed by atoms with Crippen molar-refractivity contribution in [1.29, 1.82) is 0 Å². The third-order valence-electron chi connectivity index (χ3n) is 1.75. The van der Waals surface area contributed by atoms with Gasteiger partial charge in [-0.25, -0.2) is 4.98 Å². The van der Waals surface area contributed by atoms with Gasteiger partial charge in [0, 0.05) is 37.1 Å². The molecule has 2 aromatic heterocycles. The minimum absolute atomic E-state index is 0.850. The Balaban J connectivity index is 1.76. The topological polar surface area (TPSA) is 40.7 Å².